The molecule has 2 rings (SSSR count). The van der Waals surface area contributed by atoms with Gasteiger partial charge in [0.2, 0.25) is 5.91 Å². The largest absolute Gasteiger partial charge is 0.333 e. The minimum absolute atomic E-state index is 0.0273. The summed E-state index contributed by atoms with van der Waals surface area (Å²) < 4.78 is 0. The van der Waals surface area contributed by atoms with E-state index in [-0.39, 0.29) is 17.7 Å². The van der Waals surface area contributed by atoms with Crippen molar-refractivity contribution in [3.05, 3.63) is 0 Å². The van der Waals surface area contributed by atoms with Crippen molar-refractivity contribution < 1.29 is 14.4 Å². The molecule has 17 heavy (non-hydrogen) atoms. The van der Waals surface area contributed by atoms with E-state index in [9.17, 15) is 14.4 Å². The molecule has 0 aromatic rings. The quantitative estimate of drug-likeness (QED) is 0.688. The number of carbonyl (C=O) groups excluding carboxylic acids is 3. The van der Waals surface area contributed by atoms with E-state index in [0.29, 0.717) is 43.4 Å². The van der Waals surface area contributed by atoms with Crippen molar-refractivity contribution in [1.82, 2.24) is 4.90 Å². The van der Waals surface area contributed by atoms with Crippen LogP contribution in [0.25, 0.3) is 0 Å². The smallest absolute Gasteiger partial charge is 0.220 e. The Bertz CT molecular complexity index is 364. The average Bonchev–Trinajstić information content (AvgIpc) is 2.26. The second-order valence-corrected chi connectivity index (χ2v) is 5.34. The highest BCUT2D eigenvalue weighted by atomic mass is 16.2. The van der Waals surface area contributed by atoms with Crippen molar-refractivity contribution in [2.24, 2.45) is 11.8 Å². The van der Waals surface area contributed by atoms with Gasteiger partial charge in [0.25, 0.3) is 0 Å². The van der Waals surface area contributed by atoms with Crippen LogP contribution in [0.3, 0.4) is 0 Å². The molecule has 1 aliphatic heterocycles. The zero-order chi connectivity index (χ0) is 12.6. The van der Waals surface area contributed by atoms with E-state index in [4.69, 9.17) is 0 Å². The van der Waals surface area contributed by atoms with Crippen LogP contribution in [0.5, 0.6) is 0 Å². The molecule has 2 fully saturated rings. The molecule has 0 bridgehead atoms. The van der Waals surface area contributed by atoms with Gasteiger partial charge in [-0.3, -0.25) is 14.4 Å². The fraction of sp³-hybridized carbons (Fsp3) is 0.769. The van der Waals surface area contributed by atoms with E-state index in [1.807, 2.05) is 0 Å². The molecule has 0 radical (unpaired) electrons. The summed E-state index contributed by atoms with van der Waals surface area (Å²) in [5, 5.41) is 0. The van der Waals surface area contributed by atoms with Gasteiger partial charge in [-0.05, 0) is 31.6 Å². The molecule has 1 saturated heterocycles. The number of fused-ring (bicyclic) bond motifs is 1. The van der Waals surface area contributed by atoms with Crippen LogP contribution in [0.4, 0.5) is 0 Å². The highest BCUT2D eigenvalue weighted by molar-refractivity contribution is 5.87. The van der Waals surface area contributed by atoms with Crippen molar-refractivity contribution in [2.75, 3.05) is 6.54 Å². The van der Waals surface area contributed by atoms with Crippen LogP contribution in [0.15, 0.2) is 0 Å². The monoisotopic (exact) mass is 237 g/mol. The Morgan fingerprint density at radius 1 is 1.24 bits per heavy atom. The van der Waals surface area contributed by atoms with Crippen molar-refractivity contribution in [3.8, 4) is 0 Å². The first kappa shape index (κ1) is 12.3. The molecule has 0 N–H and O–H groups in total. The van der Waals surface area contributed by atoms with Gasteiger partial charge in [-0.2, -0.15) is 0 Å². The third-order valence-corrected chi connectivity index (χ3v) is 4.16. The first-order valence-corrected chi connectivity index (χ1v) is 6.28. The Balaban J connectivity index is 2.15. The van der Waals surface area contributed by atoms with Crippen LogP contribution in [0.1, 0.15) is 39.5 Å². The molecule has 4 heteroatoms. The normalized spacial score (nSPS) is 33.2. The number of hydrogen-bond acceptors (Lipinski definition) is 3. The summed E-state index contributed by atoms with van der Waals surface area (Å²) in [6.45, 7) is 3.70. The maximum Gasteiger partial charge on any atom is 0.220 e. The van der Waals surface area contributed by atoms with Gasteiger partial charge in [-0.15, -0.1) is 0 Å². The molecule has 1 aliphatic carbocycles. The SMILES string of the molecule is CC(=O)C1CC2CC(=O)CCC2CN1C(C)=O. The van der Waals surface area contributed by atoms with Crippen molar-refractivity contribution in [1.29, 1.82) is 0 Å². The zero-order valence-electron chi connectivity index (χ0n) is 10.4. The second-order valence-electron chi connectivity index (χ2n) is 5.34. The van der Waals surface area contributed by atoms with Crippen LogP contribution in [0, 0.1) is 11.8 Å². The van der Waals surface area contributed by atoms with E-state index in [1.165, 1.54) is 13.8 Å². The topological polar surface area (TPSA) is 54.5 Å². The first-order valence-electron chi connectivity index (χ1n) is 6.28. The number of hydrogen-bond donors (Lipinski definition) is 0. The van der Waals surface area contributed by atoms with E-state index >= 15 is 0 Å². The number of Topliss-reactive ketones (excluding diaryl/α,β-unsaturated/α-hetero) is 2. The molecule has 4 nitrogen and oxygen atoms in total. The highest BCUT2D eigenvalue weighted by Crippen LogP contribution is 2.37. The standard InChI is InChI=1S/C13H19NO3/c1-8(15)13-6-11-5-12(17)4-3-10(11)7-14(13)9(2)16/h10-11,13H,3-7H2,1-2H3. The maximum atomic E-state index is 11.6. The minimum atomic E-state index is -0.306. The van der Waals surface area contributed by atoms with Crippen LogP contribution in [-0.4, -0.2) is 35.0 Å². The lowest BCUT2D eigenvalue weighted by Crippen LogP contribution is -2.53. The summed E-state index contributed by atoms with van der Waals surface area (Å²) in [6.07, 6.45) is 2.78. The molecule has 94 valence electrons. The lowest BCUT2D eigenvalue weighted by Gasteiger charge is -2.44. The lowest BCUT2D eigenvalue weighted by atomic mass is 9.72. The van der Waals surface area contributed by atoms with Crippen molar-refractivity contribution in [2.45, 2.75) is 45.6 Å². The summed E-state index contributed by atoms with van der Waals surface area (Å²) in [5.74, 6) is 1.04. The highest BCUT2D eigenvalue weighted by Gasteiger charge is 2.41. The predicted octanol–water partition coefficient (Wildman–Crippen LogP) is 1.18. The maximum absolute atomic E-state index is 11.6. The van der Waals surface area contributed by atoms with Gasteiger partial charge in [0.15, 0.2) is 5.78 Å². The zero-order valence-corrected chi connectivity index (χ0v) is 10.4. The first-order chi connectivity index (χ1) is 7.99. The summed E-state index contributed by atoms with van der Waals surface area (Å²) in [5.41, 5.74) is 0. The number of carbonyl (C=O) groups is 3. The van der Waals surface area contributed by atoms with Gasteiger partial charge in [0.05, 0.1) is 6.04 Å². The molecule has 3 atom stereocenters. The summed E-state index contributed by atoms with van der Waals surface area (Å²) in [6, 6.07) is -0.306. The van der Waals surface area contributed by atoms with Gasteiger partial charge in [0, 0.05) is 26.3 Å². The van der Waals surface area contributed by atoms with Crippen molar-refractivity contribution in [3.63, 3.8) is 0 Å². The number of nitrogens with zero attached hydrogens (tertiary/aromatic N) is 1. The minimum Gasteiger partial charge on any atom is -0.333 e. The molecule has 1 amide bonds. The Kier molecular flexibility index (Phi) is 3.31. The Morgan fingerprint density at radius 2 is 1.94 bits per heavy atom. The third kappa shape index (κ3) is 2.40. The molecule has 0 aromatic heterocycles. The molecule has 1 saturated carbocycles. The fourth-order valence-electron chi connectivity index (χ4n) is 3.19. The van der Waals surface area contributed by atoms with Crippen LogP contribution >= 0.6 is 0 Å². The Morgan fingerprint density at radius 3 is 2.53 bits per heavy atom. The number of likely N-dealkylation sites (tertiary alicyclic amines) is 1. The van der Waals surface area contributed by atoms with Gasteiger partial charge in [-0.25, -0.2) is 0 Å². The number of piperidine rings is 1. The van der Waals surface area contributed by atoms with Crippen LogP contribution < -0.4 is 0 Å². The van der Waals surface area contributed by atoms with Crippen molar-refractivity contribution >= 4 is 17.5 Å². The fourth-order valence-corrected chi connectivity index (χ4v) is 3.19. The third-order valence-electron chi connectivity index (χ3n) is 4.16. The van der Waals surface area contributed by atoms with Crippen LogP contribution in [0.2, 0.25) is 0 Å². The van der Waals surface area contributed by atoms with Gasteiger partial charge in [-0.1, -0.05) is 0 Å². The molecule has 1 heterocycles. The number of ketones is 2. The van der Waals surface area contributed by atoms with E-state index in [1.54, 1.807) is 4.90 Å². The Hall–Kier alpha value is -1.19. The Labute approximate surface area is 101 Å². The second kappa shape index (κ2) is 4.59. The average molecular weight is 237 g/mol. The predicted molar refractivity (Wildman–Crippen MR) is 62.3 cm³/mol. The van der Waals surface area contributed by atoms with E-state index in [0.717, 1.165) is 6.42 Å². The summed E-state index contributed by atoms with van der Waals surface area (Å²) in [7, 11) is 0. The summed E-state index contributed by atoms with van der Waals surface area (Å²) >= 11 is 0. The number of amides is 1. The molecular formula is C13H19NO3. The van der Waals surface area contributed by atoms with Gasteiger partial charge in [0.1, 0.15) is 5.78 Å². The van der Waals surface area contributed by atoms with Crippen LogP contribution in [-0.2, 0) is 14.4 Å². The molecular weight excluding hydrogens is 218 g/mol. The van der Waals surface area contributed by atoms with E-state index in [2.05, 4.69) is 0 Å². The summed E-state index contributed by atoms with van der Waals surface area (Å²) in [4.78, 5) is 36.3. The van der Waals surface area contributed by atoms with Gasteiger partial charge >= 0.3 is 0 Å². The van der Waals surface area contributed by atoms with Gasteiger partial charge < -0.3 is 4.90 Å². The molecule has 0 aromatic carbocycles. The lowest BCUT2D eigenvalue weighted by molar-refractivity contribution is -0.143. The number of rotatable bonds is 1. The molecule has 0 spiro atoms. The molecule has 3 unspecified atom stereocenters. The molecule has 2 aliphatic rings. The van der Waals surface area contributed by atoms with E-state index < -0.39 is 0 Å².